The lowest BCUT2D eigenvalue weighted by atomic mass is 9.84. The van der Waals surface area contributed by atoms with Crippen molar-refractivity contribution in [3.63, 3.8) is 0 Å². The molecule has 2 fully saturated rings. The number of anilines is 1. The molecule has 2 aliphatic rings. The van der Waals surface area contributed by atoms with Gasteiger partial charge in [0.2, 0.25) is 5.12 Å². The van der Waals surface area contributed by atoms with Gasteiger partial charge in [-0.2, -0.15) is 0 Å². The fourth-order valence-electron chi connectivity index (χ4n) is 5.24. The third kappa shape index (κ3) is 5.68. The van der Waals surface area contributed by atoms with Crippen molar-refractivity contribution < 1.29 is 9.59 Å². The minimum Gasteiger partial charge on any atom is -0.377 e. The fourth-order valence-corrected chi connectivity index (χ4v) is 6.06. The Morgan fingerprint density at radius 2 is 1.81 bits per heavy atom. The molecule has 0 atom stereocenters. The maximum Gasteiger partial charge on any atom is 0.201 e. The first-order chi connectivity index (χ1) is 17.5. The van der Waals surface area contributed by atoms with E-state index in [2.05, 4.69) is 70.7 Å². The molecule has 0 bridgehead atoms. The Morgan fingerprint density at radius 3 is 2.53 bits per heavy atom. The number of nitrogens with one attached hydrogen (secondary N) is 1. The van der Waals surface area contributed by atoms with Gasteiger partial charge in [-0.1, -0.05) is 30.3 Å². The highest BCUT2D eigenvalue weighted by molar-refractivity contribution is 8.18. The minimum absolute atomic E-state index is 0.0106. The van der Waals surface area contributed by atoms with Gasteiger partial charge in [-0.15, -0.1) is 0 Å². The quantitative estimate of drug-likeness (QED) is 0.355. The van der Waals surface area contributed by atoms with Gasteiger partial charge in [0.05, 0.1) is 17.0 Å². The summed E-state index contributed by atoms with van der Waals surface area (Å²) in [6.07, 6.45) is 8.90. The molecular formula is C29H32N4O2S. The number of ketones is 1. The van der Waals surface area contributed by atoms with Crippen LogP contribution in [0.4, 0.5) is 5.69 Å². The molecule has 1 aliphatic heterocycles. The monoisotopic (exact) mass is 500 g/mol. The standard InChI is InChI=1S/C29H32N4O2S/c1-33(2)25-12-9-20(23-5-3-4-6-24(23)25)18-31-21-10-7-19(8-11-21)15-28-30-14-13-22(32-28)16-27-26(34)17-29(35)36-27/h3-6,9,12-14,16,19,21,31H,7-8,10-11,15,17-18H2,1-2H3/b27-16-. The molecule has 2 heterocycles. The molecule has 36 heavy (non-hydrogen) atoms. The van der Waals surface area contributed by atoms with Crippen LogP contribution in [0, 0.1) is 5.92 Å². The van der Waals surface area contributed by atoms with Crippen molar-refractivity contribution in [3.05, 3.63) is 70.6 Å². The second-order valence-electron chi connectivity index (χ2n) is 9.97. The van der Waals surface area contributed by atoms with Crippen LogP contribution in [0.25, 0.3) is 16.8 Å². The van der Waals surface area contributed by atoms with Crippen LogP contribution in [0.5, 0.6) is 0 Å². The number of benzene rings is 2. The Balaban J connectivity index is 1.15. The van der Waals surface area contributed by atoms with Crippen molar-refractivity contribution in [1.82, 2.24) is 15.3 Å². The first-order valence-corrected chi connectivity index (χ1v) is 13.5. The van der Waals surface area contributed by atoms with Gasteiger partial charge in [-0.3, -0.25) is 9.59 Å². The van der Waals surface area contributed by atoms with E-state index in [0.717, 1.165) is 56.2 Å². The topological polar surface area (TPSA) is 75.2 Å². The van der Waals surface area contributed by atoms with E-state index in [1.54, 1.807) is 18.3 Å². The minimum atomic E-state index is -0.113. The molecule has 0 spiro atoms. The molecule has 5 rings (SSSR count). The first-order valence-electron chi connectivity index (χ1n) is 12.6. The van der Waals surface area contributed by atoms with Crippen LogP contribution in [0.15, 0.2) is 53.6 Å². The molecule has 186 valence electrons. The number of hydrogen-bond acceptors (Lipinski definition) is 7. The zero-order chi connectivity index (χ0) is 25.1. The van der Waals surface area contributed by atoms with Crippen LogP contribution < -0.4 is 10.2 Å². The summed E-state index contributed by atoms with van der Waals surface area (Å²) in [5.74, 6) is 1.27. The summed E-state index contributed by atoms with van der Waals surface area (Å²) < 4.78 is 0. The second-order valence-corrected chi connectivity index (χ2v) is 11.1. The number of nitrogens with zero attached hydrogens (tertiary/aromatic N) is 3. The van der Waals surface area contributed by atoms with Crippen LogP contribution in [-0.2, 0) is 22.6 Å². The first kappa shape index (κ1) is 24.7. The molecule has 0 radical (unpaired) electrons. The van der Waals surface area contributed by atoms with Crippen molar-refractivity contribution in [1.29, 1.82) is 0 Å². The molecule has 2 aromatic carbocycles. The van der Waals surface area contributed by atoms with Gasteiger partial charge < -0.3 is 10.2 Å². The Bertz CT molecular complexity index is 1310. The zero-order valence-electron chi connectivity index (χ0n) is 20.9. The van der Waals surface area contributed by atoms with Crippen LogP contribution in [0.1, 0.15) is 49.2 Å². The van der Waals surface area contributed by atoms with E-state index < -0.39 is 0 Å². The molecule has 1 saturated carbocycles. The van der Waals surface area contributed by atoms with E-state index in [1.165, 1.54) is 22.0 Å². The summed E-state index contributed by atoms with van der Waals surface area (Å²) in [7, 11) is 4.18. The van der Waals surface area contributed by atoms with Crippen LogP contribution >= 0.6 is 11.8 Å². The molecule has 0 unspecified atom stereocenters. The van der Waals surface area contributed by atoms with Gasteiger partial charge in [-0.25, -0.2) is 9.97 Å². The summed E-state index contributed by atoms with van der Waals surface area (Å²) in [5.41, 5.74) is 3.30. The van der Waals surface area contributed by atoms with E-state index in [1.807, 2.05) is 0 Å². The van der Waals surface area contributed by atoms with E-state index in [4.69, 9.17) is 0 Å². The Hall–Kier alpha value is -3.03. The summed E-state index contributed by atoms with van der Waals surface area (Å²) in [6.45, 7) is 0.878. The SMILES string of the molecule is CN(C)c1ccc(CNC2CCC(Cc3nccc(/C=C4\SC(=O)CC4=O)n3)CC2)c2ccccc12. The number of aromatic nitrogens is 2. The van der Waals surface area contributed by atoms with Gasteiger partial charge in [-0.05, 0) is 72.5 Å². The molecule has 7 heteroatoms. The molecular weight excluding hydrogens is 468 g/mol. The van der Waals surface area contributed by atoms with Gasteiger partial charge in [0.1, 0.15) is 5.82 Å². The summed E-state index contributed by atoms with van der Waals surface area (Å²) in [5, 5.41) is 6.33. The number of allylic oxidation sites excluding steroid dienone is 1. The van der Waals surface area contributed by atoms with Crippen LogP contribution in [0.2, 0.25) is 0 Å². The average Bonchev–Trinajstić information content (AvgIpc) is 3.19. The number of rotatable bonds is 7. The van der Waals surface area contributed by atoms with Crippen molar-refractivity contribution >= 4 is 45.2 Å². The van der Waals surface area contributed by atoms with Crippen molar-refractivity contribution in [3.8, 4) is 0 Å². The predicted molar refractivity (Wildman–Crippen MR) is 147 cm³/mol. The second kappa shape index (κ2) is 10.9. The average molecular weight is 501 g/mol. The highest BCUT2D eigenvalue weighted by Crippen LogP contribution is 2.32. The molecule has 1 aromatic heterocycles. The highest BCUT2D eigenvalue weighted by Gasteiger charge is 2.26. The molecule has 1 saturated heterocycles. The summed E-state index contributed by atoms with van der Waals surface area (Å²) in [6, 6.07) is 15.4. The molecule has 6 nitrogen and oxygen atoms in total. The molecule has 1 aliphatic carbocycles. The maximum absolute atomic E-state index is 11.9. The molecule has 3 aromatic rings. The van der Waals surface area contributed by atoms with Gasteiger partial charge in [0.25, 0.3) is 0 Å². The predicted octanol–water partition coefficient (Wildman–Crippen LogP) is 5.16. The number of carbonyl (C=O) groups excluding carboxylic acids is 2. The van der Waals surface area contributed by atoms with Crippen LogP contribution in [-0.4, -0.2) is 41.0 Å². The van der Waals surface area contributed by atoms with E-state index in [-0.39, 0.29) is 17.3 Å². The number of hydrogen-bond donors (Lipinski definition) is 1. The van der Waals surface area contributed by atoms with Gasteiger partial charge in [0.15, 0.2) is 5.78 Å². The molecule has 1 N–H and O–H groups in total. The third-order valence-electron chi connectivity index (χ3n) is 7.18. The maximum atomic E-state index is 11.9. The van der Waals surface area contributed by atoms with Gasteiger partial charge >= 0.3 is 0 Å². The lowest BCUT2D eigenvalue weighted by Gasteiger charge is -2.29. The smallest absolute Gasteiger partial charge is 0.201 e. The van der Waals surface area contributed by atoms with Crippen molar-refractivity contribution in [2.45, 2.75) is 51.1 Å². The zero-order valence-corrected chi connectivity index (χ0v) is 21.7. The number of fused-ring (bicyclic) bond motifs is 1. The van der Waals surface area contributed by atoms with E-state index in [0.29, 0.717) is 22.6 Å². The number of carbonyl (C=O) groups is 2. The Labute approximate surface area is 216 Å². The van der Waals surface area contributed by atoms with E-state index >= 15 is 0 Å². The normalized spacial score (nSPS) is 21.4. The lowest BCUT2D eigenvalue weighted by molar-refractivity contribution is -0.119. The van der Waals surface area contributed by atoms with Crippen LogP contribution in [0.3, 0.4) is 0 Å². The Kier molecular flexibility index (Phi) is 7.48. The third-order valence-corrected chi connectivity index (χ3v) is 8.12. The van der Waals surface area contributed by atoms with Crippen molar-refractivity contribution in [2.75, 3.05) is 19.0 Å². The number of Topliss-reactive ketones (excluding diaryl/α,β-unsaturated/α-hetero) is 1. The summed E-state index contributed by atoms with van der Waals surface area (Å²) >= 11 is 1.02. The fraction of sp³-hybridized carbons (Fsp3) is 0.379. The highest BCUT2D eigenvalue weighted by atomic mass is 32.2. The number of thioether (sulfide) groups is 1. The largest absolute Gasteiger partial charge is 0.377 e. The lowest BCUT2D eigenvalue weighted by Crippen LogP contribution is -2.33. The van der Waals surface area contributed by atoms with Gasteiger partial charge in [0, 0.05) is 50.4 Å². The molecule has 0 amide bonds. The van der Waals surface area contributed by atoms with E-state index in [9.17, 15) is 9.59 Å². The Morgan fingerprint density at radius 1 is 1.03 bits per heavy atom. The van der Waals surface area contributed by atoms with Crippen molar-refractivity contribution in [2.24, 2.45) is 5.92 Å². The summed E-state index contributed by atoms with van der Waals surface area (Å²) in [4.78, 5) is 35.2.